The van der Waals surface area contributed by atoms with Crippen molar-refractivity contribution in [1.82, 2.24) is 15.1 Å². The van der Waals surface area contributed by atoms with Crippen molar-refractivity contribution in [3.8, 4) is 17.2 Å². The van der Waals surface area contributed by atoms with Crippen molar-refractivity contribution >= 4 is 11.6 Å². The van der Waals surface area contributed by atoms with Gasteiger partial charge in [-0.3, -0.25) is 9.69 Å². The summed E-state index contributed by atoms with van der Waals surface area (Å²) in [6.07, 6.45) is 1.28. The molecular weight excluding hydrogens is 372 g/mol. The highest BCUT2D eigenvalue weighted by molar-refractivity contribution is 5.91. The molecule has 1 aliphatic rings. The van der Waals surface area contributed by atoms with Gasteiger partial charge in [-0.25, -0.2) is 0 Å². The number of benzene rings is 2. The average Bonchev–Trinajstić information content (AvgIpc) is 3.30. The molecule has 1 aromatic heterocycles. The first kappa shape index (κ1) is 19.1. The monoisotopic (exact) mass is 394 g/mol. The predicted octanol–water partition coefficient (Wildman–Crippen LogP) is 2.59. The molecule has 1 N–H and O–H groups in total. The number of hydrogen-bond acceptors (Lipinski definition) is 7. The third kappa shape index (κ3) is 5.40. The number of carbonyl (C=O) groups is 1. The van der Waals surface area contributed by atoms with E-state index in [9.17, 15) is 4.79 Å². The van der Waals surface area contributed by atoms with Gasteiger partial charge in [0.05, 0.1) is 13.2 Å². The third-order valence-corrected chi connectivity index (χ3v) is 4.58. The number of aromatic nitrogens is 2. The minimum atomic E-state index is -0.216. The van der Waals surface area contributed by atoms with Crippen LogP contribution < -0.4 is 10.1 Å². The quantitative estimate of drug-likeness (QED) is 0.659. The molecule has 8 heteroatoms. The Morgan fingerprint density at radius 3 is 2.52 bits per heavy atom. The molecule has 1 amide bonds. The van der Waals surface area contributed by atoms with E-state index < -0.39 is 0 Å². The van der Waals surface area contributed by atoms with Crippen molar-refractivity contribution in [1.29, 1.82) is 0 Å². The summed E-state index contributed by atoms with van der Waals surface area (Å²) in [7, 11) is 0. The van der Waals surface area contributed by atoms with E-state index in [0.29, 0.717) is 11.6 Å². The Morgan fingerprint density at radius 1 is 1.07 bits per heavy atom. The maximum absolute atomic E-state index is 12.1. The second kappa shape index (κ2) is 9.31. The van der Waals surface area contributed by atoms with Crippen LogP contribution in [0.2, 0.25) is 0 Å². The Morgan fingerprint density at radius 2 is 1.83 bits per heavy atom. The van der Waals surface area contributed by atoms with Crippen LogP contribution in [0.4, 0.5) is 5.69 Å². The number of ether oxygens (including phenoxy) is 2. The molecule has 0 bridgehead atoms. The average molecular weight is 394 g/mol. The summed E-state index contributed by atoms with van der Waals surface area (Å²) in [6, 6.07) is 15.0. The SMILES string of the molecule is O=C(COc1ccc(-c2nnco2)cc1)Nc1ccc(CN2CCOCC2)cc1. The molecule has 0 saturated carbocycles. The molecule has 4 rings (SSSR count). The first-order chi connectivity index (χ1) is 14.3. The van der Waals surface area contributed by atoms with Crippen LogP contribution in [-0.4, -0.2) is 53.9 Å². The maximum atomic E-state index is 12.1. The molecule has 0 aliphatic carbocycles. The molecule has 1 aliphatic heterocycles. The first-order valence-electron chi connectivity index (χ1n) is 9.44. The zero-order chi connectivity index (χ0) is 19.9. The predicted molar refractivity (Wildman–Crippen MR) is 106 cm³/mol. The van der Waals surface area contributed by atoms with Crippen molar-refractivity contribution in [2.24, 2.45) is 0 Å². The lowest BCUT2D eigenvalue weighted by Crippen LogP contribution is -2.35. The fraction of sp³-hybridized carbons (Fsp3) is 0.286. The van der Waals surface area contributed by atoms with E-state index >= 15 is 0 Å². The van der Waals surface area contributed by atoms with Crippen molar-refractivity contribution in [3.63, 3.8) is 0 Å². The fourth-order valence-corrected chi connectivity index (χ4v) is 3.05. The number of morpholine rings is 1. The van der Waals surface area contributed by atoms with Crippen LogP contribution in [0.1, 0.15) is 5.56 Å². The fourth-order valence-electron chi connectivity index (χ4n) is 3.05. The summed E-state index contributed by atoms with van der Waals surface area (Å²) in [6.45, 7) is 4.29. The van der Waals surface area contributed by atoms with Crippen LogP contribution >= 0.6 is 0 Å². The molecule has 2 aromatic carbocycles. The van der Waals surface area contributed by atoms with Crippen LogP contribution in [0.5, 0.6) is 5.75 Å². The van der Waals surface area contributed by atoms with Gasteiger partial charge in [-0.15, -0.1) is 10.2 Å². The highest BCUT2D eigenvalue weighted by Crippen LogP contribution is 2.20. The van der Waals surface area contributed by atoms with Crippen molar-refractivity contribution in [2.45, 2.75) is 6.54 Å². The normalized spacial score (nSPS) is 14.5. The second-order valence-electron chi connectivity index (χ2n) is 6.69. The van der Waals surface area contributed by atoms with Gasteiger partial charge < -0.3 is 19.2 Å². The molecule has 0 atom stereocenters. The van der Waals surface area contributed by atoms with Crippen LogP contribution in [0, 0.1) is 0 Å². The number of carbonyl (C=O) groups excluding carboxylic acids is 1. The molecule has 1 saturated heterocycles. The molecule has 8 nitrogen and oxygen atoms in total. The minimum Gasteiger partial charge on any atom is -0.484 e. The Labute approximate surface area is 168 Å². The smallest absolute Gasteiger partial charge is 0.262 e. The molecule has 0 radical (unpaired) electrons. The van der Waals surface area contributed by atoms with Gasteiger partial charge in [-0.05, 0) is 42.0 Å². The highest BCUT2D eigenvalue weighted by atomic mass is 16.5. The Hall–Kier alpha value is -3.23. The van der Waals surface area contributed by atoms with E-state index in [1.165, 1.54) is 12.0 Å². The van der Waals surface area contributed by atoms with Crippen LogP contribution in [-0.2, 0) is 16.1 Å². The van der Waals surface area contributed by atoms with Crippen molar-refractivity contribution in [3.05, 3.63) is 60.5 Å². The standard InChI is InChI=1S/C21H22N4O4/c26-20(14-28-19-7-3-17(4-8-19)21-24-22-15-29-21)23-18-5-1-16(2-6-18)13-25-9-11-27-12-10-25/h1-8,15H,9-14H2,(H,23,26). The maximum Gasteiger partial charge on any atom is 0.262 e. The second-order valence-corrected chi connectivity index (χ2v) is 6.69. The lowest BCUT2D eigenvalue weighted by atomic mass is 10.2. The van der Waals surface area contributed by atoms with E-state index in [4.69, 9.17) is 13.9 Å². The summed E-state index contributed by atoms with van der Waals surface area (Å²) < 4.78 is 16.0. The number of hydrogen-bond donors (Lipinski definition) is 1. The lowest BCUT2D eigenvalue weighted by Gasteiger charge is -2.26. The Balaban J connectivity index is 1.24. The van der Waals surface area contributed by atoms with Gasteiger partial charge >= 0.3 is 0 Å². The summed E-state index contributed by atoms with van der Waals surface area (Å²) in [5.74, 6) is 0.808. The number of rotatable bonds is 7. The number of anilines is 1. The van der Waals surface area contributed by atoms with Gasteiger partial charge in [0.2, 0.25) is 12.3 Å². The summed E-state index contributed by atoms with van der Waals surface area (Å²) in [5.41, 5.74) is 2.75. The number of nitrogens with zero attached hydrogens (tertiary/aromatic N) is 3. The summed E-state index contributed by atoms with van der Waals surface area (Å²) in [4.78, 5) is 14.5. The molecule has 2 heterocycles. The molecule has 29 heavy (non-hydrogen) atoms. The van der Waals surface area contributed by atoms with Gasteiger partial charge in [-0.2, -0.15) is 0 Å². The van der Waals surface area contributed by atoms with E-state index in [-0.39, 0.29) is 12.5 Å². The summed E-state index contributed by atoms with van der Waals surface area (Å²) in [5, 5.41) is 10.3. The largest absolute Gasteiger partial charge is 0.484 e. The number of amides is 1. The van der Waals surface area contributed by atoms with Crippen LogP contribution in [0.25, 0.3) is 11.5 Å². The lowest BCUT2D eigenvalue weighted by molar-refractivity contribution is -0.118. The van der Waals surface area contributed by atoms with Gasteiger partial charge in [0.25, 0.3) is 5.91 Å². The topological polar surface area (TPSA) is 89.7 Å². The van der Waals surface area contributed by atoms with Crippen LogP contribution in [0.15, 0.2) is 59.3 Å². The minimum absolute atomic E-state index is 0.0740. The molecule has 0 unspecified atom stereocenters. The van der Waals surface area contributed by atoms with Gasteiger partial charge in [-0.1, -0.05) is 12.1 Å². The zero-order valence-electron chi connectivity index (χ0n) is 15.9. The van der Waals surface area contributed by atoms with E-state index in [1.54, 1.807) is 24.3 Å². The Kier molecular flexibility index (Phi) is 6.13. The van der Waals surface area contributed by atoms with Gasteiger partial charge in [0.15, 0.2) is 6.61 Å². The molecule has 1 fully saturated rings. The zero-order valence-corrected chi connectivity index (χ0v) is 15.9. The van der Waals surface area contributed by atoms with E-state index in [1.807, 2.05) is 24.3 Å². The van der Waals surface area contributed by atoms with Gasteiger partial charge in [0.1, 0.15) is 5.75 Å². The van der Waals surface area contributed by atoms with Crippen molar-refractivity contribution < 1.29 is 18.7 Å². The molecular formula is C21H22N4O4. The highest BCUT2D eigenvalue weighted by Gasteiger charge is 2.11. The van der Waals surface area contributed by atoms with E-state index in [2.05, 4.69) is 20.4 Å². The van der Waals surface area contributed by atoms with Crippen LogP contribution in [0.3, 0.4) is 0 Å². The first-order valence-corrected chi connectivity index (χ1v) is 9.44. The van der Waals surface area contributed by atoms with Crippen molar-refractivity contribution in [2.75, 3.05) is 38.2 Å². The molecule has 3 aromatic rings. The summed E-state index contributed by atoms with van der Waals surface area (Å²) >= 11 is 0. The number of nitrogens with one attached hydrogen (secondary N) is 1. The molecule has 150 valence electrons. The third-order valence-electron chi connectivity index (χ3n) is 4.58. The van der Waals surface area contributed by atoms with Gasteiger partial charge in [0, 0.05) is 30.9 Å². The Bertz CT molecular complexity index is 905. The molecule has 0 spiro atoms. The van der Waals surface area contributed by atoms with E-state index in [0.717, 1.165) is 44.1 Å².